The van der Waals surface area contributed by atoms with Crippen molar-refractivity contribution in [2.75, 3.05) is 17.1 Å². The van der Waals surface area contributed by atoms with Crippen LogP contribution in [-0.2, 0) is 10.0 Å². The predicted octanol–water partition coefficient (Wildman–Crippen LogP) is 2.77. The summed E-state index contributed by atoms with van der Waals surface area (Å²) in [6.45, 7) is 5.93. The van der Waals surface area contributed by atoms with Gasteiger partial charge >= 0.3 is 0 Å². The van der Waals surface area contributed by atoms with E-state index in [4.69, 9.17) is 10.00 Å². The van der Waals surface area contributed by atoms with E-state index in [0.717, 1.165) is 0 Å². The maximum atomic E-state index is 12.0. The quantitative estimate of drug-likeness (QED) is 0.875. The molecule has 0 amide bonds. The zero-order valence-electron chi connectivity index (χ0n) is 12.0. The lowest BCUT2D eigenvalue weighted by molar-refractivity contribution is 0.368. The van der Waals surface area contributed by atoms with E-state index >= 15 is 0 Å². The SMILES string of the molecule is CC(C)(C)CCS(=O)(=O)Nc1cccc(OCC#N)c1. The molecule has 1 N–H and O–H groups in total. The molecule has 20 heavy (non-hydrogen) atoms. The molecule has 0 saturated heterocycles. The molecule has 1 aromatic carbocycles. The highest BCUT2D eigenvalue weighted by Gasteiger charge is 2.17. The normalized spacial score (nSPS) is 11.7. The molecule has 0 spiro atoms. The molecule has 0 bridgehead atoms. The van der Waals surface area contributed by atoms with Gasteiger partial charge in [-0.15, -0.1) is 0 Å². The predicted molar refractivity (Wildman–Crippen MR) is 79.0 cm³/mol. The van der Waals surface area contributed by atoms with E-state index < -0.39 is 10.0 Å². The van der Waals surface area contributed by atoms with Crippen molar-refractivity contribution in [1.29, 1.82) is 5.26 Å². The number of nitrogens with zero attached hydrogens (tertiary/aromatic N) is 1. The Balaban J connectivity index is 2.70. The van der Waals surface area contributed by atoms with Gasteiger partial charge in [0.2, 0.25) is 10.0 Å². The third kappa shape index (κ3) is 6.43. The molecule has 1 aromatic rings. The Bertz CT molecular complexity index is 583. The highest BCUT2D eigenvalue weighted by molar-refractivity contribution is 7.92. The van der Waals surface area contributed by atoms with Crippen molar-refractivity contribution >= 4 is 15.7 Å². The molecule has 0 radical (unpaired) electrons. The number of benzene rings is 1. The third-order valence-electron chi connectivity index (χ3n) is 2.53. The van der Waals surface area contributed by atoms with Crippen LogP contribution in [0.25, 0.3) is 0 Å². The average molecular weight is 296 g/mol. The van der Waals surface area contributed by atoms with Crippen LogP contribution in [0.3, 0.4) is 0 Å². The van der Waals surface area contributed by atoms with Gasteiger partial charge in [0.15, 0.2) is 6.61 Å². The van der Waals surface area contributed by atoms with Crippen molar-refractivity contribution in [2.24, 2.45) is 5.41 Å². The van der Waals surface area contributed by atoms with Gasteiger partial charge in [0.1, 0.15) is 11.8 Å². The molecular weight excluding hydrogens is 276 g/mol. The number of nitriles is 1. The Morgan fingerprint density at radius 1 is 1.35 bits per heavy atom. The molecule has 0 saturated carbocycles. The molecule has 0 heterocycles. The van der Waals surface area contributed by atoms with Gasteiger partial charge in [0, 0.05) is 6.07 Å². The standard InChI is InChI=1S/C14H20N2O3S/c1-14(2,3)7-10-20(17,18)16-12-5-4-6-13(11-12)19-9-8-15/h4-6,11,16H,7,9-10H2,1-3H3. The first-order valence-corrected chi connectivity index (χ1v) is 7.97. The molecule has 5 nitrogen and oxygen atoms in total. The van der Waals surface area contributed by atoms with E-state index in [1.807, 2.05) is 26.8 Å². The highest BCUT2D eigenvalue weighted by Crippen LogP contribution is 2.22. The monoisotopic (exact) mass is 296 g/mol. The van der Waals surface area contributed by atoms with Crippen molar-refractivity contribution in [3.63, 3.8) is 0 Å². The largest absolute Gasteiger partial charge is 0.479 e. The van der Waals surface area contributed by atoms with Crippen LogP contribution in [0.5, 0.6) is 5.75 Å². The van der Waals surface area contributed by atoms with Crippen molar-refractivity contribution in [3.05, 3.63) is 24.3 Å². The Morgan fingerprint density at radius 2 is 2.05 bits per heavy atom. The maximum Gasteiger partial charge on any atom is 0.232 e. The van der Waals surface area contributed by atoms with Crippen molar-refractivity contribution in [3.8, 4) is 11.8 Å². The van der Waals surface area contributed by atoms with Crippen molar-refractivity contribution in [2.45, 2.75) is 27.2 Å². The van der Waals surface area contributed by atoms with Gasteiger partial charge in [-0.25, -0.2) is 8.42 Å². The number of nitrogens with one attached hydrogen (secondary N) is 1. The third-order valence-corrected chi connectivity index (χ3v) is 3.82. The molecular formula is C14H20N2O3S. The van der Waals surface area contributed by atoms with Crippen LogP contribution in [0.4, 0.5) is 5.69 Å². The second-order valence-corrected chi connectivity index (χ2v) is 7.55. The minimum atomic E-state index is -3.38. The van der Waals surface area contributed by atoms with Gasteiger partial charge in [0.25, 0.3) is 0 Å². The van der Waals surface area contributed by atoms with Crippen LogP contribution in [-0.4, -0.2) is 20.8 Å². The van der Waals surface area contributed by atoms with Crippen molar-refractivity contribution in [1.82, 2.24) is 0 Å². The molecule has 0 aromatic heterocycles. The fourth-order valence-corrected chi connectivity index (χ4v) is 2.91. The van der Waals surface area contributed by atoms with E-state index in [1.165, 1.54) is 0 Å². The summed E-state index contributed by atoms with van der Waals surface area (Å²) in [6, 6.07) is 8.41. The summed E-state index contributed by atoms with van der Waals surface area (Å²) in [5.74, 6) is 0.530. The first kappa shape index (κ1) is 16.3. The van der Waals surface area contributed by atoms with Gasteiger partial charge in [0.05, 0.1) is 11.4 Å². The molecule has 0 aliphatic rings. The zero-order chi connectivity index (χ0) is 15.2. The lowest BCUT2D eigenvalue weighted by Crippen LogP contribution is -2.20. The lowest BCUT2D eigenvalue weighted by Gasteiger charge is -2.18. The first-order valence-electron chi connectivity index (χ1n) is 6.32. The minimum Gasteiger partial charge on any atom is -0.479 e. The lowest BCUT2D eigenvalue weighted by atomic mass is 9.94. The van der Waals surface area contributed by atoms with Crippen LogP contribution in [0.15, 0.2) is 24.3 Å². The fourth-order valence-electron chi connectivity index (χ4n) is 1.44. The second-order valence-electron chi connectivity index (χ2n) is 5.71. The van der Waals surface area contributed by atoms with Gasteiger partial charge in [-0.3, -0.25) is 4.72 Å². The smallest absolute Gasteiger partial charge is 0.232 e. The second kappa shape index (κ2) is 6.62. The minimum absolute atomic E-state index is 0.0352. The van der Waals surface area contributed by atoms with Gasteiger partial charge in [-0.1, -0.05) is 26.8 Å². The Hall–Kier alpha value is -1.74. The van der Waals surface area contributed by atoms with Crippen LogP contribution in [0.2, 0.25) is 0 Å². The molecule has 0 aliphatic carbocycles. The van der Waals surface area contributed by atoms with Gasteiger partial charge in [-0.2, -0.15) is 5.26 Å². The first-order chi connectivity index (χ1) is 9.22. The fraction of sp³-hybridized carbons (Fsp3) is 0.500. The van der Waals surface area contributed by atoms with Crippen LogP contribution in [0, 0.1) is 16.7 Å². The number of ether oxygens (including phenoxy) is 1. The summed E-state index contributed by atoms with van der Waals surface area (Å²) < 4.78 is 31.6. The Labute approximate surface area is 120 Å². The molecule has 0 atom stereocenters. The van der Waals surface area contributed by atoms with Crippen LogP contribution < -0.4 is 9.46 Å². The van der Waals surface area contributed by atoms with E-state index in [9.17, 15) is 8.42 Å². The summed E-state index contributed by atoms with van der Waals surface area (Å²) in [5, 5.41) is 8.44. The summed E-state index contributed by atoms with van der Waals surface area (Å²) in [4.78, 5) is 0. The van der Waals surface area contributed by atoms with Gasteiger partial charge < -0.3 is 4.74 Å². The van der Waals surface area contributed by atoms with Crippen LogP contribution in [0.1, 0.15) is 27.2 Å². The molecule has 1 rings (SSSR count). The maximum absolute atomic E-state index is 12.0. The average Bonchev–Trinajstić information content (AvgIpc) is 2.33. The number of rotatable bonds is 6. The number of sulfonamides is 1. The van der Waals surface area contributed by atoms with Crippen molar-refractivity contribution < 1.29 is 13.2 Å². The number of anilines is 1. The topological polar surface area (TPSA) is 79.2 Å². The Kier molecular flexibility index (Phi) is 5.40. The van der Waals surface area contributed by atoms with Crippen LogP contribution >= 0.6 is 0 Å². The number of hydrogen-bond acceptors (Lipinski definition) is 4. The number of hydrogen-bond donors (Lipinski definition) is 1. The zero-order valence-corrected chi connectivity index (χ0v) is 12.8. The molecule has 110 valence electrons. The molecule has 0 aliphatic heterocycles. The molecule has 0 fully saturated rings. The van der Waals surface area contributed by atoms with E-state index in [1.54, 1.807) is 24.3 Å². The summed E-state index contributed by atoms with van der Waals surface area (Å²) in [6.07, 6.45) is 0.576. The van der Waals surface area contributed by atoms with E-state index in [2.05, 4.69) is 4.72 Å². The highest BCUT2D eigenvalue weighted by atomic mass is 32.2. The van der Waals surface area contributed by atoms with E-state index in [0.29, 0.717) is 17.9 Å². The Morgan fingerprint density at radius 3 is 2.65 bits per heavy atom. The summed E-state index contributed by atoms with van der Waals surface area (Å²) in [7, 11) is -3.38. The summed E-state index contributed by atoms with van der Waals surface area (Å²) >= 11 is 0. The summed E-state index contributed by atoms with van der Waals surface area (Å²) in [5.41, 5.74) is 0.404. The van der Waals surface area contributed by atoms with Gasteiger partial charge in [-0.05, 0) is 24.0 Å². The molecule has 0 unspecified atom stereocenters. The molecule has 6 heteroatoms. The van der Waals surface area contributed by atoms with E-state index in [-0.39, 0.29) is 17.8 Å².